The molecule has 1 amide bonds. The minimum Gasteiger partial charge on any atom is -0.494 e. The summed E-state index contributed by atoms with van der Waals surface area (Å²) in [7, 11) is 0. The number of aryl methyl sites for hydroxylation is 3. The molecule has 3 nitrogen and oxygen atoms in total. The minimum atomic E-state index is -0.0450. The molecule has 3 heteroatoms. The van der Waals surface area contributed by atoms with Gasteiger partial charge in [-0.2, -0.15) is 0 Å². The molecule has 0 unspecified atom stereocenters. The lowest BCUT2D eigenvalue weighted by Gasteiger charge is -2.20. The first-order chi connectivity index (χ1) is 12.1. The maximum absolute atomic E-state index is 12.6. The maximum atomic E-state index is 12.6. The third-order valence-electron chi connectivity index (χ3n) is 4.96. The Morgan fingerprint density at radius 1 is 1.12 bits per heavy atom. The van der Waals surface area contributed by atoms with Gasteiger partial charge in [-0.05, 0) is 86.9 Å². The van der Waals surface area contributed by atoms with E-state index in [0.717, 1.165) is 17.7 Å². The molecule has 1 atom stereocenters. The van der Waals surface area contributed by atoms with Gasteiger partial charge in [0.05, 0.1) is 12.6 Å². The molecule has 2 aromatic carbocycles. The molecule has 0 fully saturated rings. The topological polar surface area (TPSA) is 38.3 Å². The van der Waals surface area contributed by atoms with Crippen LogP contribution in [0.5, 0.6) is 5.75 Å². The summed E-state index contributed by atoms with van der Waals surface area (Å²) in [5, 5.41) is 3.12. The Kier molecular flexibility index (Phi) is 5.42. The number of ether oxygens (including phenoxy) is 1. The summed E-state index contributed by atoms with van der Waals surface area (Å²) < 4.78 is 5.54. The second kappa shape index (κ2) is 7.73. The SMILES string of the molecule is CCOc1ccc(C(=O)N[C@H](C)c2ccc3c(c2)CCCC3)cc1C. The molecule has 2 aromatic rings. The number of nitrogens with one attached hydrogen (secondary N) is 1. The minimum absolute atomic E-state index is 0.00778. The lowest BCUT2D eigenvalue weighted by Crippen LogP contribution is -2.27. The molecular weight excluding hydrogens is 310 g/mol. The number of fused-ring (bicyclic) bond motifs is 1. The van der Waals surface area contributed by atoms with Gasteiger partial charge in [0, 0.05) is 5.56 Å². The Balaban J connectivity index is 1.71. The zero-order chi connectivity index (χ0) is 17.8. The van der Waals surface area contributed by atoms with Crippen molar-refractivity contribution in [3.8, 4) is 5.75 Å². The number of hydrogen-bond donors (Lipinski definition) is 1. The van der Waals surface area contributed by atoms with Gasteiger partial charge < -0.3 is 10.1 Å². The quantitative estimate of drug-likeness (QED) is 0.854. The summed E-state index contributed by atoms with van der Waals surface area (Å²) in [4.78, 5) is 12.6. The third kappa shape index (κ3) is 4.04. The highest BCUT2D eigenvalue weighted by Gasteiger charge is 2.15. The van der Waals surface area contributed by atoms with Crippen molar-refractivity contribution in [3.63, 3.8) is 0 Å². The Morgan fingerprint density at radius 2 is 1.88 bits per heavy atom. The van der Waals surface area contributed by atoms with Gasteiger partial charge in [-0.25, -0.2) is 0 Å². The molecule has 132 valence electrons. The van der Waals surface area contributed by atoms with Gasteiger partial charge in [0.25, 0.3) is 5.91 Å². The van der Waals surface area contributed by atoms with E-state index in [0.29, 0.717) is 12.2 Å². The first kappa shape index (κ1) is 17.5. The van der Waals surface area contributed by atoms with Gasteiger partial charge in [0.2, 0.25) is 0 Å². The van der Waals surface area contributed by atoms with Crippen LogP contribution < -0.4 is 10.1 Å². The molecule has 0 spiro atoms. The summed E-state index contributed by atoms with van der Waals surface area (Å²) in [6.45, 7) is 6.60. The molecule has 0 bridgehead atoms. The average molecular weight is 337 g/mol. The molecule has 1 aliphatic carbocycles. The third-order valence-corrected chi connectivity index (χ3v) is 4.96. The van der Waals surface area contributed by atoms with E-state index in [9.17, 15) is 4.79 Å². The maximum Gasteiger partial charge on any atom is 0.251 e. The van der Waals surface area contributed by atoms with Crippen LogP contribution in [0.1, 0.15) is 65.3 Å². The summed E-state index contributed by atoms with van der Waals surface area (Å²) in [6.07, 6.45) is 4.89. The number of carbonyl (C=O) groups is 1. The van der Waals surface area contributed by atoms with Crippen LogP contribution in [0.3, 0.4) is 0 Å². The monoisotopic (exact) mass is 337 g/mol. The van der Waals surface area contributed by atoms with Gasteiger partial charge in [-0.1, -0.05) is 18.2 Å². The van der Waals surface area contributed by atoms with Crippen molar-refractivity contribution in [3.05, 3.63) is 64.2 Å². The van der Waals surface area contributed by atoms with Crippen molar-refractivity contribution in [2.24, 2.45) is 0 Å². The Morgan fingerprint density at radius 3 is 2.60 bits per heavy atom. The van der Waals surface area contributed by atoms with Crippen LogP contribution in [0.15, 0.2) is 36.4 Å². The first-order valence-electron chi connectivity index (χ1n) is 9.24. The summed E-state index contributed by atoms with van der Waals surface area (Å²) in [5.41, 5.74) is 5.75. The first-order valence-corrected chi connectivity index (χ1v) is 9.24. The summed E-state index contributed by atoms with van der Waals surface area (Å²) >= 11 is 0. The van der Waals surface area contributed by atoms with Crippen LogP contribution in [0, 0.1) is 6.92 Å². The van der Waals surface area contributed by atoms with Crippen molar-refractivity contribution < 1.29 is 9.53 Å². The van der Waals surface area contributed by atoms with E-state index in [4.69, 9.17) is 4.74 Å². The molecule has 1 N–H and O–H groups in total. The zero-order valence-electron chi connectivity index (χ0n) is 15.4. The van der Waals surface area contributed by atoms with Crippen molar-refractivity contribution in [2.45, 2.75) is 52.5 Å². The van der Waals surface area contributed by atoms with Gasteiger partial charge in [0.15, 0.2) is 0 Å². The van der Waals surface area contributed by atoms with Crippen LogP contribution in [-0.4, -0.2) is 12.5 Å². The van der Waals surface area contributed by atoms with Crippen LogP contribution >= 0.6 is 0 Å². The summed E-state index contributed by atoms with van der Waals surface area (Å²) in [6, 6.07) is 12.2. The standard InChI is InChI=1S/C22H27NO2/c1-4-25-21-12-11-20(13-15(21)2)22(24)23-16(3)18-10-9-17-7-5-6-8-19(17)14-18/h9-14,16H,4-8H2,1-3H3,(H,23,24)/t16-/m1/s1. The summed E-state index contributed by atoms with van der Waals surface area (Å²) in [5.74, 6) is 0.790. The Hall–Kier alpha value is -2.29. The molecule has 25 heavy (non-hydrogen) atoms. The molecule has 0 aromatic heterocycles. The number of benzene rings is 2. The molecule has 3 rings (SSSR count). The fraction of sp³-hybridized carbons (Fsp3) is 0.409. The smallest absolute Gasteiger partial charge is 0.251 e. The molecule has 0 aliphatic heterocycles. The van der Waals surface area contributed by atoms with E-state index in [1.54, 1.807) is 0 Å². The molecule has 0 heterocycles. The molecule has 0 saturated carbocycles. The second-order valence-corrected chi connectivity index (χ2v) is 6.84. The van der Waals surface area contributed by atoms with Crippen molar-refractivity contribution in [1.82, 2.24) is 5.32 Å². The average Bonchev–Trinajstić information content (AvgIpc) is 2.63. The lowest BCUT2D eigenvalue weighted by atomic mass is 9.89. The Labute approximate surface area is 150 Å². The highest BCUT2D eigenvalue weighted by Crippen LogP contribution is 2.25. The van der Waals surface area contributed by atoms with Crippen LogP contribution in [0.4, 0.5) is 0 Å². The highest BCUT2D eigenvalue weighted by atomic mass is 16.5. The number of rotatable bonds is 5. The molecule has 1 aliphatic rings. The van der Waals surface area contributed by atoms with Gasteiger partial charge >= 0.3 is 0 Å². The van der Waals surface area contributed by atoms with Gasteiger partial charge in [0.1, 0.15) is 5.75 Å². The predicted octanol–water partition coefficient (Wildman–Crippen LogP) is 4.76. The van der Waals surface area contributed by atoms with Crippen molar-refractivity contribution >= 4 is 5.91 Å². The fourth-order valence-electron chi connectivity index (χ4n) is 3.49. The van der Waals surface area contributed by atoms with Crippen LogP contribution in [-0.2, 0) is 12.8 Å². The molecule has 0 saturated heterocycles. The van der Waals surface area contributed by atoms with Crippen molar-refractivity contribution in [1.29, 1.82) is 0 Å². The molecule has 0 radical (unpaired) electrons. The molecular formula is C22H27NO2. The van der Waals surface area contributed by atoms with E-state index < -0.39 is 0 Å². The number of hydrogen-bond acceptors (Lipinski definition) is 2. The van der Waals surface area contributed by atoms with Gasteiger partial charge in [-0.15, -0.1) is 0 Å². The van der Waals surface area contributed by atoms with E-state index in [1.807, 2.05) is 39.0 Å². The van der Waals surface area contributed by atoms with Crippen LogP contribution in [0.25, 0.3) is 0 Å². The van der Waals surface area contributed by atoms with E-state index >= 15 is 0 Å². The predicted molar refractivity (Wildman–Crippen MR) is 101 cm³/mol. The van der Waals surface area contributed by atoms with Crippen LogP contribution in [0.2, 0.25) is 0 Å². The van der Waals surface area contributed by atoms with Gasteiger partial charge in [-0.3, -0.25) is 4.79 Å². The van der Waals surface area contributed by atoms with E-state index in [2.05, 4.69) is 23.5 Å². The van der Waals surface area contributed by atoms with E-state index in [1.165, 1.54) is 36.0 Å². The number of amides is 1. The van der Waals surface area contributed by atoms with Crippen molar-refractivity contribution in [2.75, 3.05) is 6.61 Å². The second-order valence-electron chi connectivity index (χ2n) is 6.84. The number of carbonyl (C=O) groups excluding carboxylic acids is 1. The highest BCUT2D eigenvalue weighted by molar-refractivity contribution is 5.94. The van der Waals surface area contributed by atoms with E-state index in [-0.39, 0.29) is 11.9 Å². The fourth-order valence-corrected chi connectivity index (χ4v) is 3.49. The normalized spacial score (nSPS) is 14.5. The largest absolute Gasteiger partial charge is 0.494 e. The Bertz CT molecular complexity index is 767. The lowest BCUT2D eigenvalue weighted by molar-refractivity contribution is 0.0939. The zero-order valence-corrected chi connectivity index (χ0v) is 15.4.